The molecule has 0 aliphatic carbocycles. The first-order valence-electron chi connectivity index (χ1n) is 8.64. The maximum Gasteiger partial charge on any atom is 0.512 e. The minimum absolute atomic E-state index is 0.0396. The molecule has 6 nitrogen and oxygen atoms in total. The second-order valence-corrected chi connectivity index (χ2v) is 7.30. The summed E-state index contributed by atoms with van der Waals surface area (Å²) in [7, 11) is 0. The molecule has 3 rings (SSSR count). The minimum atomic E-state index is -4.39. The standard InChI is InChI=1S/C20H16BrF3N2O4/c1-12-8-18(30-19(27)28)25-26(12)10-14-9-16(21)6-7-17(14)29-11-13-2-4-15(5-3-13)20(22,23)24/h2-9H,10-11H2,1H3,(H,27,28). The Morgan fingerprint density at radius 3 is 2.50 bits per heavy atom. The monoisotopic (exact) mass is 484 g/mol. The lowest BCUT2D eigenvalue weighted by atomic mass is 10.1. The Morgan fingerprint density at radius 2 is 1.87 bits per heavy atom. The predicted octanol–water partition coefficient (Wildman–Crippen LogP) is 5.66. The van der Waals surface area contributed by atoms with Crippen LogP contribution in [0.5, 0.6) is 11.6 Å². The number of carbonyl (C=O) groups is 1. The van der Waals surface area contributed by atoms with E-state index < -0.39 is 17.9 Å². The number of ether oxygens (including phenoxy) is 2. The van der Waals surface area contributed by atoms with Crippen molar-refractivity contribution in [2.75, 3.05) is 0 Å². The van der Waals surface area contributed by atoms with Crippen LogP contribution in [0.15, 0.2) is 53.0 Å². The number of nitrogens with zero attached hydrogens (tertiary/aromatic N) is 2. The summed E-state index contributed by atoms with van der Waals surface area (Å²) in [6, 6.07) is 11.6. The summed E-state index contributed by atoms with van der Waals surface area (Å²) in [5.41, 5.74) is 1.29. The molecular formula is C20H16BrF3N2O4. The quantitative estimate of drug-likeness (QED) is 0.457. The van der Waals surface area contributed by atoms with Gasteiger partial charge in [0.05, 0.1) is 12.1 Å². The molecule has 0 fully saturated rings. The van der Waals surface area contributed by atoms with Crippen LogP contribution in [0.4, 0.5) is 18.0 Å². The van der Waals surface area contributed by atoms with Crippen molar-refractivity contribution in [1.29, 1.82) is 0 Å². The number of rotatable bonds is 6. The van der Waals surface area contributed by atoms with E-state index in [4.69, 9.17) is 9.84 Å². The van der Waals surface area contributed by atoms with E-state index >= 15 is 0 Å². The fraction of sp³-hybridized carbons (Fsp3) is 0.200. The number of hydrogen-bond acceptors (Lipinski definition) is 4. The summed E-state index contributed by atoms with van der Waals surface area (Å²) < 4.78 is 50.8. The molecule has 10 heteroatoms. The first kappa shape index (κ1) is 21.7. The SMILES string of the molecule is Cc1cc(OC(=O)O)nn1Cc1cc(Br)ccc1OCc1ccc(C(F)(F)F)cc1. The van der Waals surface area contributed by atoms with Gasteiger partial charge in [-0.25, -0.2) is 4.79 Å². The Kier molecular flexibility index (Phi) is 6.35. The maximum absolute atomic E-state index is 12.7. The summed E-state index contributed by atoms with van der Waals surface area (Å²) in [6.45, 7) is 2.11. The van der Waals surface area contributed by atoms with E-state index in [1.165, 1.54) is 18.2 Å². The fourth-order valence-corrected chi connectivity index (χ4v) is 3.11. The molecule has 30 heavy (non-hydrogen) atoms. The van der Waals surface area contributed by atoms with Crippen molar-refractivity contribution in [3.8, 4) is 11.6 Å². The van der Waals surface area contributed by atoms with Gasteiger partial charge in [-0.2, -0.15) is 13.2 Å². The molecule has 1 N–H and O–H groups in total. The number of aryl methyl sites for hydroxylation is 1. The molecule has 1 heterocycles. The summed E-state index contributed by atoms with van der Waals surface area (Å²) in [6.07, 6.45) is -5.84. The van der Waals surface area contributed by atoms with Gasteiger partial charge in [0.25, 0.3) is 0 Å². The van der Waals surface area contributed by atoms with Gasteiger partial charge in [0.15, 0.2) is 0 Å². The van der Waals surface area contributed by atoms with Gasteiger partial charge in [-0.3, -0.25) is 4.68 Å². The Labute approximate surface area is 178 Å². The third kappa shape index (κ3) is 5.53. The van der Waals surface area contributed by atoms with E-state index in [9.17, 15) is 18.0 Å². The number of hydrogen-bond donors (Lipinski definition) is 1. The smallest absolute Gasteiger partial charge is 0.489 e. The van der Waals surface area contributed by atoms with Crippen LogP contribution in [0.25, 0.3) is 0 Å². The van der Waals surface area contributed by atoms with E-state index in [1.807, 2.05) is 6.07 Å². The molecular weight excluding hydrogens is 469 g/mol. The van der Waals surface area contributed by atoms with Crippen molar-refractivity contribution >= 4 is 22.1 Å². The lowest BCUT2D eigenvalue weighted by Gasteiger charge is -2.14. The number of benzene rings is 2. The zero-order valence-corrected chi connectivity index (χ0v) is 17.2. The molecule has 0 saturated heterocycles. The van der Waals surface area contributed by atoms with Crippen LogP contribution in [-0.4, -0.2) is 21.0 Å². The van der Waals surface area contributed by atoms with E-state index in [2.05, 4.69) is 25.8 Å². The lowest BCUT2D eigenvalue weighted by molar-refractivity contribution is -0.137. The zero-order valence-electron chi connectivity index (χ0n) is 15.6. The zero-order chi connectivity index (χ0) is 21.9. The Bertz CT molecular complexity index is 1050. The van der Waals surface area contributed by atoms with Gasteiger partial charge in [0, 0.05) is 21.8 Å². The van der Waals surface area contributed by atoms with Gasteiger partial charge in [-0.1, -0.05) is 28.1 Å². The molecule has 0 radical (unpaired) electrons. The molecule has 0 atom stereocenters. The highest BCUT2D eigenvalue weighted by molar-refractivity contribution is 9.10. The summed E-state index contributed by atoms with van der Waals surface area (Å²) >= 11 is 3.39. The van der Waals surface area contributed by atoms with Crippen LogP contribution in [0.2, 0.25) is 0 Å². The highest BCUT2D eigenvalue weighted by atomic mass is 79.9. The third-order valence-electron chi connectivity index (χ3n) is 4.17. The van der Waals surface area contributed by atoms with Crippen LogP contribution in [0.1, 0.15) is 22.4 Å². The van der Waals surface area contributed by atoms with Crippen molar-refractivity contribution in [2.45, 2.75) is 26.3 Å². The first-order chi connectivity index (χ1) is 14.1. The molecule has 0 aliphatic rings. The maximum atomic E-state index is 12.7. The average molecular weight is 485 g/mol. The molecule has 2 aromatic carbocycles. The molecule has 0 amide bonds. The van der Waals surface area contributed by atoms with Crippen LogP contribution in [0.3, 0.4) is 0 Å². The number of alkyl halides is 3. The Morgan fingerprint density at radius 1 is 1.17 bits per heavy atom. The highest BCUT2D eigenvalue weighted by Gasteiger charge is 2.29. The van der Waals surface area contributed by atoms with Crippen molar-refractivity contribution < 1.29 is 32.5 Å². The Hall–Kier alpha value is -3.01. The van der Waals surface area contributed by atoms with Crippen LogP contribution in [0, 0.1) is 6.92 Å². The largest absolute Gasteiger partial charge is 0.512 e. The van der Waals surface area contributed by atoms with Crippen LogP contribution in [-0.2, 0) is 19.3 Å². The Balaban J connectivity index is 1.76. The van der Waals surface area contributed by atoms with Gasteiger partial charge >= 0.3 is 12.3 Å². The molecule has 3 aromatic rings. The highest BCUT2D eigenvalue weighted by Crippen LogP contribution is 2.30. The van der Waals surface area contributed by atoms with Gasteiger partial charge in [-0.05, 0) is 42.8 Å². The summed E-state index contributed by atoms with van der Waals surface area (Å²) in [5, 5.41) is 12.8. The van der Waals surface area contributed by atoms with Gasteiger partial charge in [0.1, 0.15) is 12.4 Å². The van der Waals surface area contributed by atoms with Crippen LogP contribution < -0.4 is 9.47 Å². The van der Waals surface area contributed by atoms with E-state index in [0.717, 1.165) is 22.2 Å². The molecule has 0 aliphatic heterocycles. The van der Waals surface area contributed by atoms with E-state index in [-0.39, 0.29) is 19.0 Å². The fourth-order valence-electron chi connectivity index (χ4n) is 2.70. The first-order valence-corrected chi connectivity index (χ1v) is 9.44. The number of aromatic nitrogens is 2. The molecule has 0 unspecified atom stereocenters. The summed E-state index contributed by atoms with van der Waals surface area (Å²) in [4.78, 5) is 10.7. The second-order valence-electron chi connectivity index (χ2n) is 6.38. The van der Waals surface area contributed by atoms with Crippen LogP contribution >= 0.6 is 15.9 Å². The summed E-state index contributed by atoms with van der Waals surface area (Å²) in [5.74, 6) is 0.482. The third-order valence-corrected chi connectivity index (χ3v) is 4.66. The minimum Gasteiger partial charge on any atom is -0.489 e. The van der Waals surface area contributed by atoms with Gasteiger partial charge in [-0.15, -0.1) is 5.10 Å². The van der Waals surface area contributed by atoms with Crippen molar-refractivity contribution in [2.24, 2.45) is 0 Å². The van der Waals surface area contributed by atoms with Crippen molar-refractivity contribution in [1.82, 2.24) is 9.78 Å². The molecule has 0 spiro atoms. The van der Waals surface area contributed by atoms with E-state index in [0.29, 0.717) is 17.0 Å². The lowest BCUT2D eigenvalue weighted by Crippen LogP contribution is -2.08. The van der Waals surface area contributed by atoms with Crippen molar-refractivity contribution in [3.05, 3.63) is 75.4 Å². The number of halogens is 4. The van der Waals surface area contributed by atoms with Gasteiger partial charge < -0.3 is 14.6 Å². The molecule has 0 saturated carbocycles. The van der Waals surface area contributed by atoms with E-state index in [1.54, 1.807) is 23.7 Å². The predicted molar refractivity (Wildman–Crippen MR) is 105 cm³/mol. The van der Waals surface area contributed by atoms with Gasteiger partial charge in [0.2, 0.25) is 5.88 Å². The second kappa shape index (κ2) is 8.78. The molecule has 158 valence electrons. The van der Waals surface area contributed by atoms with Crippen molar-refractivity contribution in [3.63, 3.8) is 0 Å². The normalized spacial score (nSPS) is 11.4. The number of carboxylic acid groups (broad SMARTS) is 1. The molecule has 1 aromatic heterocycles. The average Bonchev–Trinajstić information content (AvgIpc) is 2.99. The molecule has 0 bridgehead atoms. The topological polar surface area (TPSA) is 73.6 Å².